The number of nitrogens with zero attached hydrogens (tertiary/aromatic N) is 2. The van der Waals surface area contributed by atoms with Crippen LogP contribution in [0.25, 0.3) is 0 Å². The first-order valence-electron chi connectivity index (χ1n) is 7.90. The van der Waals surface area contributed by atoms with Crippen molar-refractivity contribution in [3.05, 3.63) is 0 Å². The van der Waals surface area contributed by atoms with Crippen molar-refractivity contribution >= 4 is 0 Å². The van der Waals surface area contributed by atoms with Crippen LogP contribution in [0.2, 0.25) is 0 Å². The summed E-state index contributed by atoms with van der Waals surface area (Å²) in [6.07, 6.45) is 1.18. The molecule has 1 aliphatic heterocycles. The molecule has 0 amide bonds. The molecule has 0 aliphatic carbocycles. The predicted octanol–water partition coefficient (Wildman–Crippen LogP) is 2.57. The van der Waals surface area contributed by atoms with Gasteiger partial charge in [-0.2, -0.15) is 0 Å². The van der Waals surface area contributed by atoms with E-state index in [0.29, 0.717) is 11.6 Å². The minimum absolute atomic E-state index is 0.265. The van der Waals surface area contributed by atoms with Crippen LogP contribution in [0.1, 0.15) is 54.9 Å². The van der Waals surface area contributed by atoms with E-state index in [1.807, 2.05) is 0 Å². The summed E-state index contributed by atoms with van der Waals surface area (Å²) in [7, 11) is 0. The highest BCUT2D eigenvalue weighted by Gasteiger charge is 2.28. The largest absolute Gasteiger partial charge is 0.310 e. The zero-order valence-electron chi connectivity index (χ0n) is 14.2. The molecule has 0 bridgehead atoms. The van der Waals surface area contributed by atoms with Crippen LogP contribution in [-0.2, 0) is 0 Å². The van der Waals surface area contributed by atoms with Crippen molar-refractivity contribution in [1.29, 1.82) is 0 Å². The lowest BCUT2D eigenvalue weighted by Crippen LogP contribution is -2.57. The maximum absolute atomic E-state index is 3.69. The van der Waals surface area contributed by atoms with Crippen molar-refractivity contribution in [2.24, 2.45) is 0 Å². The van der Waals surface area contributed by atoms with Gasteiger partial charge in [0.05, 0.1) is 0 Å². The molecule has 1 fully saturated rings. The molecule has 0 spiro atoms. The molecule has 3 heteroatoms. The summed E-state index contributed by atoms with van der Waals surface area (Å²) in [5.41, 5.74) is 0.583. The van der Waals surface area contributed by atoms with E-state index in [1.165, 1.54) is 32.6 Å². The van der Waals surface area contributed by atoms with Gasteiger partial charge < -0.3 is 5.32 Å². The van der Waals surface area contributed by atoms with Crippen molar-refractivity contribution in [3.63, 3.8) is 0 Å². The smallest absolute Gasteiger partial charge is 0.0193 e. The Morgan fingerprint density at radius 3 is 1.95 bits per heavy atom. The van der Waals surface area contributed by atoms with Gasteiger partial charge in [-0.1, -0.05) is 6.92 Å². The average molecular weight is 269 g/mol. The molecular formula is C16H35N3. The number of hydrogen-bond donors (Lipinski definition) is 1. The summed E-state index contributed by atoms with van der Waals surface area (Å²) in [6, 6.07) is 0.632. The van der Waals surface area contributed by atoms with E-state index >= 15 is 0 Å². The molecule has 114 valence electrons. The molecule has 0 radical (unpaired) electrons. The van der Waals surface area contributed by atoms with Gasteiger partial charge in [0, 0.05) is 49.8 Å². The molecule has 1 rings (SSSR count). The van der Waals surface area contributed by atoms with Crippen LogP contribution in [0.5, 0.6) is 0 Å². The number of nitrogens with one attached hydrogen (secondary N) is 1. The van der Waals surface area contributed by atoms with Gasteiger partial charge in [-0.05, 0) is 48.0 Å². The van der Waals surface area contributed by atoms with Crippen molar-refractivity contribution in [3.8, 4) is 0 Å². The van der Waals surface area contributed by atoms with E-state index in [0.717, 1.165) is 6.54 Å². The third-order valence-electron chi connectivity index (χ3n) is 4.65. The Bertz CT molecular complexity index is 260. The maximum atomic E-state index is 3.69. The Morgan fingerprint density at radius 1 is 1.00 bits per heavy atom. The van der Waals surface area contributed by atoms with Crippen molar-refractivity contribution in [2.45, 2.75) is 72.0 Å². The Balaban J connectivity index is 2.35. The van der Waals surface area contributed by atoms with Crippen LogP contribution in [0.3, 0.4) is 0 Å². The fourth-order valence-corrected chi connectivity index (χ4v) is 2.51. The Morgan fingerprint density at radius 2 is 1.53 bits per heavy atom. The summed E-state index contributed by atoms with van der Waals surface area (Å²) in [5, 5.41) is 3.69. The van der Waals surface area contributed by atoms with Crippen LogP contribution in [0, 0.1) is 0 Å². The quantitative estimate of drug-likeness (QED) is 0.827. The summed E-state index contributed by atoms with van der Waals surface area (Å²) in [6.45, 7) is 22.0. The lowest BCUT2D eigenvalue weighted by molar-refractivity contribution is 0.0442. The Hall–Kier alpha value is -0.120. The molecule has 1 atom stereocenters. The van der Waals surface area contributed by atoms with Gasteiger partial charge in [-0.3, -0.25) is 9.80 Å². The topological polar surface area (TPSA) is 18.5 Å². The molecule has 1 N–H and O–H groups in total. The van der Waals surface area contributed by atoms with E-state index in [4.69, 9.17) is 0 Å². The fraction of sp³-hybridized carbons (Fsp3) is 1.00. The summed E-state index contributed by atoms with van der Waals surface area (Å²) >= 11 is 0. The van der Waals surface area contributed by atoms with Crippen LogP contribution in [0.15, 0.2) is 0 Å². The highest BCUT2D eigenvalue weighted by Crippen LogP contribution is 2.17. The summed E-state index contributed by atoms with van der Waals surface area (Å²) in [5.74, 6) is 0. The molecule has 1 saturated heterocycles. The predicted molar refractivity (Wildman–Crippen MR) is 84.7 cm³/mol. The van der Waals surface area contributed by atoms with Gasteiger partial charge in [0.25, 0.3) is 0 Å². The van der Waals surface area contributed by atoms with Crippen LogP contribution < -0.4 is 5.32 Å². The molecule has 0 aromatic heterocycles. The molecule has 0 aromatic rings. The standard InChI is InChI=1S/C16H35N3/c1-8-16(6,7)17-13-14(2)18-9-11-19(12-10-18)15(3,4)5/h14,17H,8-13H2,1-7H3. The van der Waals surface area contributed by atoms with Crippen molar-refractivity contribution in [2.75, 3.05) is 32.7 Å². The lowest BCUT2D eigenvalue weighted by atomic mass is 10.0. The molecule has 1 aliphatic rings. The van der Waals surface area contributed by atoms with Gasteiger partial charge >= 0.3 is 0 Å². The van der Waals surface area contributed by atoms with Crippen molar-refractivity contribution < 1.29 is 0 Å². The third-order valence-corrected chi connectivity index (χ3v) is 4.65. The summed E-state index contributed by atoms with van der Waals surface area (Å²) in [4.78, 5) is 5.22. The first-order chi connectivity index (χ1) is 8.65. The third kappa shape index (κ3) is 5.41. The van der Waals surface area contributed by atoms with Gasteiger partial charge in [-0.15, -0.1) is 0 Å². The maximum Gasteiger partial charge on any atom is 0.0193 e. The van der Waals surface area contributed by atoms with Gasteiger partial charge in [0.2, 0.25) is 0 Å². The zero-order valence-corrected chi connectivity index (χ0v) is 14.2. The molecule has 19 heavy (non-hydrogen) atoms. The number of hydrogen-bond acceptors (Lipinski definition) is 3. The van der Waals surface area contributed by atoms with Crippen LogP contribution >= 0.6 is 0 Å². The Labute approximate surface area is 120 Å². The lowest BCUT2D eigenvalue weighted by Gasteiger charge is -2.44. The van der Waals surface area contributed by atoms with Gasteiger partial charge in [0.15, 0.2) is 0 Å². The first-order valence-corrected chi connectivity index (χ1v) is 7.90. The average Bonchev–Trinajstić information content (AvgIpc) is 2.35. The van der Waals surface area contributed by atoms with E-state index in [9.17, 15) is 0 Å². The molecule has 3 nitrogen and oxygen atoms in total. The van der Waals surface area contributed by atoms with Gasteiger partial charge in [-0.25, -0.2) is 0 Å². The molecule has 1 heterocycles. The van der Waals surface area contributed by atoms with Crippen LogP contribution in [-0.4, -0.2) is 59.6 Å². The highest BCUT2D eigenvalue weighted by atomic mass is 15.3. The normalized spacial score (nSPS) is 21.6. The second-order valence-corrected chi connectivity index (χ2v) is 7.66. The zero-order chi connectivity index (χ0) is 14.7. The minimum Gasteiger partial charge on any atom is -0.310 e. The number of piperazine rings is 1. The summed E-state index contributed by atoms with van der Waals surface area (Å²) < 4.78 is 0. The van der Waals surface area contributed by atoms with Crippen LogP contribution in [0.4, 0.5) is 0 Å². The second kappa shape index (κ2) is 6.55. The number of rotatable bonds is 5. The molecule has 0 aromatic carbocycles. The van der Waals surface area contributed by atoms with E-state index in [1.54, 1.807) is 0 Å². The van der Waals surface area contributed by atoms with E-state index < -0.39 is 0 Å². The minimum atomic E-state index is 0.265. The molecule has 1 unspecified atom stereocenters. The monoisotopic (exact) mass is 269 g/mol. The SMILES string of the molecule is CCC(C)(C)NCC(C)N1CCN(C(C)(C)C)CC1. The van der Waals surface area contributed by atoms with Crippen molar-refractivity contribution in [1.82, 2.24) is 15.1 Å². The first kappa shape index (κ1) is 16.9. The fourth-order valence-electron chi connectivity index (χ4n) is 2.51. The molecule has 0 saturated carbocycles. The highest BCUT2D eigenvalue weighted by molar-refractivity contribution is 4.85. The molecular weight excluding hydrogens is 234 g/mol. The van der Waals surface area contributed by atoms with Gasteiger partial charge in [0.1, 0.15) is 0 Å². The second-order valence-electron chi connectivity index (χ2n) is 7.66. The van der Waals surface area contributed by atoms with E-state index in [-0.39, 0.29) is 5.54 Å². The Kier molecular flexibility index (Phi) is 5.84. The van der Waals surface area contributed by atoms with E-state index in [2.05, 4.69) is 63.6 Å².